The number of nitrogens with one attached hydrogen (secondary N) is 2. The van der Waals surface area contributed by atoms with E-state index in [0.29, 0.717) is 52.6 Å². The van der Waals surface area contributed by atoms with Gasteiger partial charge in [0.05, 0.1) is 58.2 Å². The SMILES string of the molecule is CC(C)OC(=O)CCCCC1=CN(CCOCCOCCOCCOC(=O)C(C)C)NN1. The van der Waals surface area contributed by atoms with Crippen LogP contribution in [0.15, 0.2) is 11.9 Å². The standard InChI is InChI=1S/C22H41N3O7/c1-18(2)22(27)31-16-15-30-14-13-29-12-11-28-10-9-25-17-20(23-24-25)7-5-6-8-21(26)32-19(3)4/h17-19,23-24H,5-16H2,1-4H3. The van der Waals surface area contributed by atoms with Gasteiger partial charge in [-0.25, -0.2) is 0 Å². The zero-order chi connectivity index (χ0) is 23.6. The van der Waals surface area contributed by atoms with E-state index in [0.717, 1.165) is 25.0 Å². The molecule has 2 N–H and O–H groups in total. The molecule has 0 saturated heterocycles. The maximum absolute atomic E-state index is 11.5. The molecule has 0 aromatic rings. The number of hydrazine groups is 2. The van der Waals surface area contributed by atoms with Crippen molar-refractivity contribution in [2.45, 2.75) is 59.5 Å². The van der Waals surface area contributed by atoms with Crippen molar-refractivity contribution in [2.24, 2.45) is 5.92 Å². The lowest BCUT2D eigenvalue weighted by Crippen LogP contribution is -2.38. The number of nitrogens with zero attached hydrogens (tertiary/aromatic N) is 1. The Bertz CT molecular complexity index is 556. The summed E-state index contributed by atoms with van der Waals surface area (Å²) in [7, 11) is 0. The molecule has 0 radical (unpaired) electrons. The highest BCUT2D eigenvalue weighted by Gasteiger charge is 2.11. The minimum Gasteiger partial charge on any atom is -0.463 e. The third-order valence-electron chi connectivity index (χ3n) is 4.28. The molecule has 0 bridgehead atoms. The number of allylic oxidation sites excluding steroid dienone is 1. The van der Waals surface area contributed by atoms with Crippen molar-refractivity contribution >= 4 is 11.9 Å². The van der Waals surface area contributed by atoms with E-state index in [4.69, 9.17) is 23.7 Å². The molecule has 1 rings (SSSR count). The van der Waals surface area contributed by atoms with Gasteiger partial charge in [0.1, 0.15) is 6.61 Å². The van der Waals surface area contributed by atoms with Gasteiger partial charge in [-0.2, -0.15) is 0 Å². The Hall–Kier alpha value is -1.88. The van der Waals surface area contributed by atoms with E-state index in [2.05, 4.69) is 11.0 Å². The number of hydrogen-bond acceptors (Lipinski definition) is 10. The van der Waals surface area contributed by atoms with Crippen LogP contribution in [0.5, 0.6) is 0 Å². The van der Waals surface area contributed by atoms with Gasteiger partial charge in [-0.3, -0.25) is 14.6 Å². The van der Waals surface area contributed by atoms with Crippen molar-refractivity contribution in [1.82, 2.24) is 16.0 Å². The predicted molar refractivity (Wildman–Crippen MR) is 119 cm³/mol. The van der Waals surface area contributed by atoms with Crippen LogP contribution in [0.25, 0.3) is 0 Å². The normalized spacial score (nSPS) is 13.4. The third kappa shape index (κ3) is 15.0. The Morgan fingerprint density at radius 2 is 1.53 bits per heavy atom. The van der Waals surface area contributed by atoms with E-state index in [1.54, 1.807) is 13.8 Å². The summed E-state index contributed by atoms with van der Waals surface area (Å²) in [6.45, 7) is 11.2. The van der Waals surface area contributed by atoms with Crippen LogP contribution in [0.4, 0.5) is 0 Å². The average molecular weight is 460 g/mol. The molecule has 1 aliphatic heterocycles. The van der Waals surface area contributed by atoms with Gasteiger partial charge in [-0.05, 0) is 33.1 Å². The largest absolute Gasteiger partial charge is 0.463 e. The summed E-state index contributed by atoms with van der Waals surface area (Å²) >= 11 is 0. The molecule has 0 saturated carbocycles. The molecule has 0 unspecified atom stereocenters. The fourth-order valence-corrected chi connectivity index (χ4v) is 2.62. The second-order valence-electron chi connectivity index (χ2n) is 7.99. The van der Waals surface area contributed by atoms with Crippen molar-refractivity contribution in [3.05, 3.63) is 11.9 Å². The summed E-state index contributed by atoms with van der Waals surface area (Å²) in [5.41, 5.74) is 7.29. The molecule has 0 amide bonds. The molecule has 186 valence electrons. The maximum atomic E-state index is 11.5. The van der Waals surface area contributed by atoms with E-state index >= 15 is 0 Å². The first-order valence-corrected chi connectivity index (χ1v) is 11.5. The maximum Gasteiger partial charge on any atom is 0.308 e. The third-order valence-corrected chi connectivity index (χ3v) is 4.28. The van der Waals surface area contributed by atoms with Crippen LogP contribution < -0.4 is 11.0 Å². The Morgan fingerprint density at radius 3 is 2.16 bits per heavy atom. The minimum atomic E-state index is -0.214. The van der Waals surface area contributed by atoms with E-state index in [9.17, 15) is 9.59 Å². The summed E-state index contributed by atoms with van der Waals surface area (Å²) in [6.07, 6.45) is 5.02. The number of esters is 2. The lowest BCUT2D eigenvalue weighted by atomic mass is 10.1. The number of hydrogen-bond donors (Lipinski definition) is 2. The quantitative estimate of drug-likeness (QED) is 0.220. The number of carbonyl (C=O) groups is 2. The van der Waals surface area contributed by atoms with Crippen LogP contribution in [-0.4, -0.2) is 75.8 Å². The highest BCUT2D eigenvalue weighted by Crippen LogP contribution is 2.10. The molecule has 0 aromatic heterocycles. The Kier molecular flexibility index (Phi) is 15.5. The van der Waals surface area contributed by atoms with Gasteiger partial charge in [0.25, 0.3) is 0 Å². The molecule has 10 heteroatoms. The Balaban J connectivity index is 1.89. The van der Waals surface area contributed by atoms with Crippen molar-refractivity contribution in [1.29, 1.82) is 0 Å². The van der Waals surface area contributed by atoms with E-state index < -0.39 is 0 Å². The summed E-state index contributed by atoms with van der Waals surface area (Å²) in [4.78, 5) is 22.8. The fourth-order valence-electron chi connectivity index (χ4n) is 2.62. The highest BCUT2D eigenvalue weighted by molar-refractivity contribution is 5.71. The molecule has 0 atom stereocenters. The summed E-state index contributed by atoms with van der Waals surface area (Å²) in [5, 5.41) is 1.93. The Labute approximate surface area is 191 Å². The highest BCUT2D eigenvalue weighted by atomic mass is 16.6. The van der Waals surface area contributed by atoms with Crippen LogP contribution in [0.1, 0.15) is 53.4 Å². The zero-order valence-corrected chi connectivity index (χ0v) is 20.0. The molecule has 0 aromatic carbocycles. The van der Waals surface area contributed by atoms with Crippen molar-refractivity contribution in [2.75, 3.05) is 52.8 Å². The van der Waals surface area contributed by atoms with Crippen LogP contribution in [0.2, 0.25) is 0 Å². The van der Waals surface area contributed by atoms with Crippen LogP contribution in [-0.2, 0) is 33.3 Å². The van der Waals surface area contributed by atoms with E-state index in [1.807, 2.05) is 25.1 Å². The van der Waals surface area contributed by atoms with Gasteiger partial charge in [-0.15, -0.1) is 5.53 Å². The minimum absolute atomic E-state index is 0.0545. The lowest BCUT2D eigenvalue weighted by Gasteiger charge is -2.15. The van der Waals surface area contributed by atoms with Gasteiger partial charge in [-0.1, -0.05) is 13.8 Å². The van der Waals surface area contributed by atoms with Crippen LogP contribution in [0, 0.1) is 5.92 Å². The summed E-state index contributed by atoms with van der Waals surface area (Å²) in [6, 6.07) is 0. The van der Waals surface area contributed by atoms with Gasteiger partial charge < -0.3 is 29.1 Å². The molecule has 0 fully saturated rings. The molecule has 1 heterocycles. The average Bonchev–Trinajstić information content (AvgIpc) is 3.18. The van der Waals surface area contributed by atoms with E-state index in [1.165, 1.54) is 0 Å². The second kappa shape index (κ2) is 17.6. The topological polar surface area (TPSA) is 108 Å². The molecular formula is C22H41N3O7. The number of rotatable bonds is 19. The molecule has 10 nitrogen and oxygen atoms in total. The monoisotopic (exact) mass is 459 g/mol. The van der Waals surface area contributed by atoms with Crippen molar-refractivity contribution in [3.63, 3.8) is 0 Å². The smallest absolute Gasteiger partial charge is 0.308 e. The second-order valence-corrected chi connectivity index (χ2v) is 7.99. The summed E-state index contributed by atoms with van der Waals surface area (Å²) < 4.78 is 26.5. The molecule has 32 heavy (non-hydrogen) atoms. The number of carbonyl (C=O) groups excluding carboxylic acids is 2. The molecule has 0 spiro atoms. The van der Waals surface area contributed by atoms with Gasteiger partial charge in [0.15, 0.2) is 0 Å². The molecule has 1 aliphatic rings. The number of ether oxygens (including phenoxy) is 5. The van der Waals surface area contributed by atoms with Crippen molar-refractivity contribution < 1.29 is 33.3 Å². The molecule has 0 aliphatic carbocycles. The summed E-state index contributed by atoms with van der Waals surface area (Å²) in [5.74, 6) is -0.465. The zero-order valence-electron chi connectivity index (χ0n) is 20.0. The predicted octanol–water partition coefficient (Wildman–Crippen LogP) is 1.91. The van der Waals surface area contributed by atoms with Gasteiger partial charge in [0.2, 0.25) is 0 Å². The lowest BCUT2D eigenvalue weighted by molar-refractivity contribution is -0.149. The van der Waals surface area contributed by atoms with E-state index in [-0.39, 0.29) is 30.6 Å². The van der Waals surface area contributed by atoms with Crippen molar-refractivity contribution in [3.8, 4) is 0 Å². The van der Waals surface area contributed by atoms with Gasteiger partial charge in [0, 0.05) is 18.3 Å². The fraction of sp³-hybridized carbons (Fsp3) is 0.818. The first kappa shape index (κ1) is 28.2. The Morgan fingerprint density at radius 1 is 0.906 bits per heavy atom. The number of unbranched alkanes of at least 4 members (excludes halogenated alkanes) is 1. The van der Waals surface area contributed by atoms with Gasteiger partial charge >= 0.3 is 11.9 Å². The first-order valence-electron chi connectivity index (χ1n) is 11.5. The molecular weight excluding hydrogens is 418 g/mol. The first-order chi connectivity index (χ1) is 15.4. The van der Waals surface area contributed by atoms with Crippen LogP contribution >= 0.6 is 0 Å². The van der Waals surface area contributed by atoms with Crippen LogP contribution in [0.3, 0.4) is 0 Å².